The summed E-state index contributed by atoms with van der Waals surface area (Å²) in [5, 5.41) is 14.7. The monoisotopic (exact) mass is 306 g/mol. The van der Waals surface area contributed by atoms with Gasteiger partial charge in [0.15, 0.2) is 5.82 Å². The predicted molar refractivity (Wildman–Crippen MR) is 84.6 cm³/mol. The molecular formula is C15H19ClN4O. The molecule has 1 aliphatic carbocycles. The van der Waals surface area contributed by atoms with Gasteiger partial charge in [-0.15, -0.1) is 0 Å². The van der Waals surface area contributed by atoms with E-state index in [9.17, 15) is 4.79 Å². The van der Waals surface area contributed by atoms with Crippen LogP contribution in [0.1, 0.15) is 32.1 Å². The molecule has 0 atom stereocenters. The number of nitrogens with zero attached hydrogens (tertiary/aromatic N) is 1. The van der Waals surface area contributed by atoms with Gasteiger partial charge in [-0.25, -0.2) is 0 Å². The lowest BCUT2D eigenvalue weighted by molar-refractivity contribution is -0.115. The fraction of sp³-hybridized carbons (Fsp3) is 0.467. The van der Waals surface area contributed by atoms with E-state index in [1.165, 1.54) is 19.3 Å². The van der Waals surface area contributed by atoms with E-state index < -0.39 is 0 Å². The van der Waals surface area contributed by atoms with E-state index in [-0.39, 0.29) is 5.91 Å². The number of benzene rings is 1. The SMILES string of the molecule is O=C(CNC1CCCCC1)Nc1n[nH]c2cc(Cl)ccc12. The van der Waals surface area contributed by atoms with Gasteiger partial charge in [-0.3, -0.25) is 9.89 Å². The smallest absolute Gasteiger partial charge is 0.239 e. The largest absolute Gasteiger partial charge is 0.308 e. The molecule has 5 nitrogen and oxygen atoms in total. The Balaban J connectivity index is 1.58. The van der Waals surface area contributed by atoms with Crippen LogP contribution in [0, 0.1) is 0 Å². The first-order chi connectivity index (χ1) is 10.2. The summed E-state index contributed by atoms with van der Waals surface area (Å²) < 4.78 is 0. The van der Waals surface area contributed by atoms with E-state index in [4.69, 9.17) is 11.6 Å². The number of nitrogens with one attached hydrogen (secondary N) is 3. The third-order valence-corrected chi connectivity index (χ3v) is 4.17. The van der Waals surface area contributed by atoms with Crippen molar-refractivity contribution < 1.29 is 4.79 Å². The average Bonchev–Trinajstić information content (AvgIpc) is 2.88. The molecular weight excluding hydrogens is 288 g/mol. The minimum atomic E-state index is -0.0658. The van der Waals surface area contributed by atoms with Gasteiger partial charge in [-0.1, -0.05) is 30.9 Å². The normalized spacial score (nSPS) is 16.2. The Morgan fingerprint density at radius 2 is 2.14 bits per heavy atom. The second kappa shape index (κ2) is 6.45. The molecule has 1 saturated carbocycles. The maximum atomic E-state index is 12.0. The number of rotatable bonds is 4. The van der Waals surface area contributed by atoms with Crippen molar-refractivity contribution in [2.75, 3.05) is 11.9 Å². The van der Waals surface area contributed by atoms with Gasteiger partial charge in [0.1, 0.15) is 0 Å². The molecule has 0 unspecified atom stereocenters. The highest BCUT2D eigenvalue weighted by Gasteiger charge is 2.15. The van der Waals surface area contributed by atoms with Crippen LogP contribution >= 0.6 is 11.6 Å². The van der Waals surface area contributed by atoms with Crippen molar-refractivity contribution in [2.24, 2.45) is 0 Å². The topological polar surface area (TPSA) is 69.8 Å². The van der Waals surface area contributed by atoms with Crippen molar-refractivity contribution in [3.8, 4) is 0 Å². The summed E-state index contributed by atoms with van der Waals surface area (Å²) in [6.45, 7) is 0.326. The van der Waals surface area contributed by atoms with Gasteiger partial charge in [-0.2, -0.15) is 5.10 Å². The lowest BCUT2D eigenvalue weighted by Gasteiger charge is -2.22. The van der Waals surface area contributed by atoms with Crippen LogP contribution in [0.5, 0.6) is 0 Å². The van der Waals surface area contributed by atoms with Crippen LogP contribution in [0.4, 0.5) is 5.82 Å². The van der Waals surface area contributed by atoms with E-state index in [0.29, 0.717) is 23.4 Å². The highest BCUT2D eigenvalue weighted by atomic mass is 35.5. The molecule has 1 amide bonds. The number of halogens is 1. The second-order valence-electron chi connectivity index (χ2n) is 5.53. The molecule has 0 radical (unpaired) electrons. The van der Waals surface area contributed by atoms with Gasteiger partial charge < -0.3 is 10.6 Å². The Morgan fingerprint density at radius 3 is 2.95 bits per heavy atom. The van der Waals surface area contributed by atoms with E-state index in [0.717, 1.165) is 23.7 Å². The van der Waals surface area contributed by atoms with Crippen molar-refractivity contribution in [2.45, 2.75) is 38.1 Å². The number of aromatic amines is 1. The second-order valence-corrected chi connectivity index (χ2v) is 5.96. The maximum Gasteiger partial charge on any atom is 0.239 e. The van der Waals surface area contributed by atoms with Gasteiger partial charge in [0.2, 0.25) is 5.91 Å². The van der Waals surface area contributed by atoms with Crippen LogP contribution in [0.2, 0.25) is 5.02 Å². The molecule has 1 aromatic heterocycles. The predicted octanol–water partition coefficient (Wildman–Crippen LogP) is 3.08. The number of amides is 1. The average molecular weight is 307 g/mol. The van der Waals surface area contributed by atoms with Gasteiger partial charge in [0.25, 0.3) is 0 Å². The molecule has 0 aliphatic heterocycles. The molecule has 1 aromatic carbocycles. The van der Waals surface area contributed by atoms with E-state index >= 15 is 0 Å². The maximum absolute atomic E-state index is 12.0. The Hall–Kier alpha value is -1.59. The van der Waals surface area contributed by atoms with Crippen molar-refractivity contribution in [1.29, 1.82) is 0 Å². The van der Waals surface area contributed by atoms with Crippen molar-refractivity contribution in [3.05, 3.63) is 23.2 Å². The summed E-state index contributed by atoms with van der Waals surface area (Å²) >= 11 is 5.92. The quantitative estimate of drug-likeness (QED) is 0.813. The summed E-state index contributed by atoms with van der Waals surface area (Å²) in [7, 11) is 0. The minimum Gasteiger partial charge on any atom is -0.308 e. The number of hydrogen-bond donors (Lipinski definition) is 3. The lowest BCUT2D eigenvalue weighted by Crippen LogP contribution is -2.37. The molecule has 2 aromatic rings. The summed E-state index contributed by atoms with van der Waals surface area (Å²) in [6.07, 6.45) is 6.15. The third-order valence-electron chi connectivity index (χ3n) is 3.94. The number of fused-ring (bicyclic) bond motifs is 1. The number of carbonyl (C=O) groups is 1. The van der Waals surface area contributed by atoms with Gasteiger partial charge in [0.05, 0.1) is 12.1 Å². The lowest BCUT2D eigenvalue weighted by atomic mass is 9.95. The Labute approximate surface area is 128 Å². The van der Waals surface area contributed by atoms with Crippen LogP contribution in [0.15, 0.2) is 18.2 Å². The fourth-order valence-electron chi connectivity index (χ4n) is 2.81. The number of hydrogen-bond acceptors (Lipinski definition) is 3. The molecule has 1 fully saturated rings. The first-order valence-corrected chi connectivity index (χ1v) is 7.77. The van der Waals surface area contributed by atoms with E-state index in [1.54, 1.807) is 12.1 Å². The summed E-state index contributed by atoms with van der Waals surface area (Å²) in [5.41, 5.74) is 0.818. The van der Waals surface area contributed by atoms with Gasteiger partial charge in [-0.05, 0) is 31.0 Å². The minimum absolute atomic E-state index is 0.0658. The van der Waals surface area contributed by atoms with Gasteiger partial charge >= 0.3 is 0 Å². The first kappa shape index (κ1) is 14.4. The van der Waals surface area contributed by atoms with Crippen molar-refractivity contribution in [3.63, 3.8) is 0 Å². The molecule has 3 N–H and O–H groups in total. The standard InChI is InChI=1S/C15H19ClN4O/c16-10-6-7-12-13(8-10)19-20-15(12)18-14(21)9-17-11-4-2-1-3-5-11/h6-8,11,17H,1-5,9H2,(H2,18,19,20,21). The summed E-state index contributed by atoms with van der Waals surface area (Å²) in [6, 6.07) is 5.90. The highest BCUT2D eigenvalue weighted by molar-refractivity contribution is 6.31. The molecule has 0 bridgehead atoms. The first-order valence-electron chi connectivity index (χ1n) is 7.39. The molecule has 1 aliphatic rings. The number of aromatic nitrogens is 2. The summed E-state index contributed by atoms with van der Waals surface area (Å²) in [4.78, 5) is 12.0. The Morgan fingerprint density at radius 1 is 1.33 bits per heavy atom. The zero-order valence-corrected chi connectivity index (χ0v) is 12.5. The number of carbonyl (C=O) groups excluding carboxylic acids is 1. The zero-order chi connectivity index (χ0) is 14.7. The Bertz CT molecular complexity index is 634. The highest BCUT2D eigenvalue weighted by Crippen LogP contribution is 2.23. The Kier molecular flexibility index (Phi) is 4.41. The van der Waals surface area contributed by atoms with Crippen LogP contribution in [-0.4, -0.2) is 28.7 Å². The molecule has 21 heavy (non-hydrogen) atoms. The van der Waals surface area contributed by atoms with Crippen molar-refractivity contribution in [1.82, 2.24) is 15.5 Å². The van der Waals surface area contributed by atoms with Gasteiger partial charge in [0, 0.05) is 16.5 Å². The molecule has 0 spiro atoms. The zero-order valence-electron chi connectivity index (χ0n) is 11.8. The van der Waals surface area contributed by atoms with Crippen LogP contribution < -0.4 is 10.6 Å². The molecule has 6 heteroatoms. The molecule has 3 rings (SSSR count). The third kappa shape index (κ3) is 3.54. The van der Waals surface area contributed by atoms with Crippen LogP contribution in [0.25, 0.3) is 10.9 Å². The van der Waals surface area contributed by atoms with Crippen LogP contribution in [0.3, 0.4) is 0 Å². The summed E-state index contributed by atoms with van der Waals surface area (Å²) in [5.74, 6) is 0.487. The number of H-pyrrole nitrogens is 1. The van der Waals surface area contributed by atoms with E-state index in [1.807, 2.05) is 6.07 Å². The fourth-order valence-corrected chi connectivity index (χ4v) is 2.98. The van der Waals surface area contributed by atoms with Crippen LogP contribution in [-0.2, 0) is 4.79 Å². The molecule has 0 saturated heterocycles. The molecule has 112 valence electrons. The number of anilines is 1. The molecule has 1 heterocycles. The van der Waals surface area contributed by atoms with E-state index in [2.05, 4.69) is 20.8 Å². The van der Waals surface area contributed by atoms with Crippen molar-refractivity contribution >= 4 is 34.2 Å².